The van der Waals surface area contributed by atoms with E-state index in [9.17, 15) is 10.2 Å². The molecule has 5 rings (SSSR count). The molecule has 32 heavy (non-hydrogen) atoms. The summed E-state index contributed by atoms with van der Waals surface area (Å²) < 4.78 is 5.54. The molecular formula is C24H22ClN3O3S. The van der Waals surface area contributed by atoms with Gasteiger partial charge < -0.3 is 19.9 Å². The number of nitrogens with zero attached hydrogens (tertiary/aromatic N) is 2. The molecule has 2 aromatic heterocycles. The van der Waals surface area contributed by atoms with Crippen LogP contribution >= 0.6 is 23.4 Å². The second kappa shape index (κ2) is 9.21. The number of rotatable bonds is 5. The molecule has 3 heterocycles. The topological polar surface area (TPSA) is 91.3 Å². The highest BCUT2D eigenvalue weighted by Gasteiger charge is 2.30. The predicted octanol–water partition coefficient (Wildman–Crippen LogP) is 4.55. The number of thioether (sulfide) groups is 1. The van der Waals surface area contributed by atoms with Crippen LogP contribution in [0.25, 0.3) is 33.5 Å². The Morgan fingerprint density at radius 1 is 1.03 bits per heavy atom. The highest BCUT2D eigenvalue weighted by molar-refractivity contribution is 7.99. The lowest BCUT2D eigenvalue weighted by Crippen LogP contribution is -2.41. The number of pyridine rings is 1. The Hall–Kier alpha value is -2.42. The van der Waals surface area contributed by atoms with Gasteiger partial charge in [-0.1, -0.05) is 78.0 Å². The summed E-state index contributed by atoms with van der Waals surface area (Å²) in [7, 11) is 0. The number of aromatic amines is 1. The van der Waals surface area contributed by atoms with E-state index in [1.54, 1.807) is 0 Å². The lowest BCUT2D eigenvalue weighted by atomic mass is 10.0. The lowest BCUT2D eigenvalue weighted by Gasteiger charge is -2.31. The van der Waals surface area contributed by atoms with Crippen molar-refractivity contribution >= 4 is 34.5 Å². The maximum Gasteiger partial charge on any atom is 0.179 e. The summed E-state index contributed by atoms with van der Waals surface area (Å²) in [6.45, 7) is 0.262. The van der Waals surface area contributed by atoms with Gasteiger partial charge in [0.2, 0.25) is 0 Å². The standard InChI is InChI=1S/C24H22ClN3O3S/c25-18-11-19-23(28-24(26-19)32-17-10-20(30)21(12-29)31-13-17)27-22(18)16-8-6-15(7-9-16)14-4-2-1-3-5-14/h1-9,11,17,20-21,29-30H,10,12-13H2,(H,26,27,28). The van der Waals surface area contributed by atoms with Gasteiger partial charge in [0.1, 0.15) is 6.10 Å². The minimum Gasteiger partial charge on any atom is -0.394 e. The number of benzene rings is 2. The van der Waals surface area contributed by atoms with E-state index in [-0.39, 0.29) is 11.9 Å². The molecule has 2 aromatic carbocycles. The third kappa shape index (κ3) is 4.40. The van der Waals surface area contributed by atoms with Gasteiger partial charge >= 0.3 is 0 Å². The Morgan fingerprint density at radius 2 is 1.75 bits per heavy atom. The zero-order valence-electron chi connectivity index (χ0n) is 17.1. The van der Waals surface area contributed by atoms with E-state index in [0.29, 0.717) is 34.5 Å². The number of H-pyrrole nitrogens is 1. The van der Waals surface area contributed by atoms with Crippen LogP contribution in [0, 0.1) is 0 Å². The molecule has 3 atom stereocenters. The fourth-order valence-corrected chi connectivity index (χ4v) is 5.17. The van der Waals surface area contributed by atoms with Crippen molar-refractivity contribution in [1.29, 1.82) is 0 Å². The Labute approximate surface area is 194 Å². The van der Waals surface area contributed by atoms with Gasteiger partial charge in [-0.25, -0.2) is 9.97 Å². The maximum atomic E-state index is 10.1. The number of halogens is 1. The van der Waals surface area contributed by atoms with Gasteiger partial charge in [-0.2, -0.15) is 0 Å². The van der Waals surface area contributed by atoms with Gasteiger partial charge in [0.25, 0.3) is 0 Å². The molecule has 0 radical (unpaired) electrons. The summed E-state index contributed by atoms with van der Waals surface area (Å²) in [5.74, 6) is 0. The zero-order chi connectivity index (χ0) is 22.1. The van der Waals surface area contributed by atoms with E-state index in [0.717, 1.165) is 22.2 Å². The molecular weight excluding hydrogens is 446 g/mol. The highest BCUT2D eigenvalue weighted by Crippen LogP contribution is 2.33. The van der Waals surface area contributed by atoms with E-state index in [2.05, 4.69) is 34.2 Å². The third-order valence-corrected chi connectivity index (χ3v) is 6.92. The number of nitrogens with one attached hydrogen (secondary N) is 1. The van der Waals surface area contributed by atoms with Gasteiger partial charge in [0.05, 0.1) is 35.6 Å². The first kappa shape index (κ1) is 21.4. The molecule has 0 bridgehead atoms. The summed E-state index contributed by atoms with van der Waals surface area (Å²) in [5, 5.41) is 20.6. The Kier molecular flexibility index (Phi) is 6.17. The van der Waals surface area contributed by atoms with Crippen LogP contribution in [-0.2, 0) is 4.74 Å². The molecule has 0 aliphatic carbocycles. The van der Waals surface area contributed by atoms with Gasteiger partial charge in [-0.15, -0.1) is 0 Å². The predicted molar refractivity (Wildman–Crippen MR) is 127 cm³/mol. The Morgan fingerprint density at radius 3 is 2.47 bits per heavy atom. The van der Waals surface area contributed by atoms with E-state index < -0.39 is 12.2 Å². The zero-order valence-corrected chi connectivity index (χ0v) is 18.7. The van der Waals surface area contributed by atoms with Crippen LogP contribution in [0.2, 0.25) is 5.02 Å². The van der Waals surface area contributed by atoms with Gasteiger partial charge in [-0.3, -0.25) is 0 Å². The minimum absolute atomic E-state index is 0.0360. The normalized spacial score (nSPS) is 21.2. The van der Waals surface area contributed by atoms with Crippen LogP contribution in [0.5, 0.6) is 0 Å². The molecule has 0 saturated carbocycles. The van der Waals surface area contributed by atoms with Crippen LogP contribution in [0.4, 0.5) is 0 Å². The van der Waals surface area contributed by atoms with E-state index in [1.165, 1.54) is 11.8 Å². The average molecular weight is 468 g/mol. The molecule has 3 N–H and O–H groups in total. The van der Waals surface area contributed by atoms with Gasteiger partial charge in [0, 0.05) is 10.8 Å². The largest absolute Gasteiger partial charge is 0.394 e. The molecule has 3 unspecified atom stereocenters. The van der Waals surface area contributed by atoms with Crippen LogP contribution in [-0.4, -0.2) is 55.8 Å². The number of fused-ring (bicyclic) bond motifs is 1. The van der Waals surface area contributed by atoms with Crippen molar-refractivity contribution in [1.82, 2.24) is 15.0 Å². The second-order valence-electron chi connectivity index (χ2n) is 7.77. The van der Waals surface area contributed by atoms with Crippen LogP contribution in [0.1, 0.15) is 6.42 Å². The highest BCUT2D eigenvalue weighted by atomic mass is 35.5. The van der Waals surface area contributed by atoms with Crippen molar-refractivity contribution in [2.75, 3.05) is 13.2 Å². The van der Waals surface area contributed by atoms with E-state index in [4.69, 9.17) is 21.3 Å². The molecule has 1 aliphatic heterocycles. The maximum absolute atomic E-state index is 10.1. The van der Waals surface area contributed by atoms with Gasteiger partial charge in [-0.05, 0) is 23.6 Å². The van der Waals surface area contributed by atoms with Crippen molar-refractivity contribution < 1.29 is 14.9 Å². The number of aromatic nitrogens is 3. The number of ether oxygens (including phenoxy) is 1. The molecule has 6 nitrogen and oxygen atoms in total. The fourth-order valence-electron chi connectivity index (χ4n) is 3.85. The van der Waals surface area contributed by atoms with E-state index >= 15 is 0 Å². The van der Waals surface area contributed by atoms with Crippen LogP contribution in [0.3, 0.4) is 0 Å². The van der Waals surface area contributed by atoms with Crippen molar-refractivity contribution in [3.63, 3.8) is 0 Å². The summed E-state index contributed by atoms with van der Waals surface area (Å²) in [5.41, 5.74) is 5.24. The average Bonchev–Trinajstić information content (AvgIpc) is 3.20. The molecule has 0 spiro atoms. The van der Waals surface area contributed by atoms with Gasteiger partial charge in [0.15, 0.2) is 10.8 Å². The number of hydrogen-bond acceptors (Lipinski definition) is 6. The Balaban J connectivity index is 1.37. The molecule has 8 heteroatoms. The number of aliphatic hydroxyl groups is 2. The molecule has 164 valence electrons. The molecule has 0 amide bonds. The van der Waals surface area contributed by atoms with Crippen molar-refractivity contribution in [2.45, 2.75) is 29.0 Å². The lowest BCUT2D eigenvalue weighted by molar-refractivity contribution is -0.0915. The second-order valence-corrected chi connectivity index (χ2v) is 9.47. The van der Waals surface area contributed by atoms with E-state index in [1.807, 2.05) is 36.4 Å². The summed E-state index contributed by atoms with van der Waals surface area (Å²) >= 11 is 8.05. The minimum atomic E-state index is -0.686. The van der Waals surface area contributed by atoms with Crippen LogP contribution < -0.4 is 0 Å². The smallest absolute Gasteiger partial charge is 0.179 e. The summed E-state index contributed by atoms with van der Waals surface area (Å²) in [6.07, 6.45) is -0.673. The number of hydrogen-bond donors (Lipinski definition) is 3. The molecule has 1 saturated heterocycles. The monoisotopic (exact) mass is 467 g/mol. The first-order chi connectivity index (χ1) is 15.6. The van der Waals surface area contributed by atoms with Crippen molar-refractivity contribution in [2.24, 2.45) is 0 Å². The quantitative estimate of drug-likeness (QED) is 0.399. The molecule has 4 aromatic rings. The van der Waals surface area contributed by atoms with Crippen LogP contribution in [0.15, 0.2) is 65.8 Å². The number of imidazole rings is 1. The summed E-state index contributed by atoms with van der Waals surface area (Å²) in [6, 6.07) is 20.2. The van der Waals surface area contributed by atoms with Crippen molar-refractivity contribution in [3.8, 4) is 22.4 Å². The first-order valence-electron chi connectivity index (χ1n) is 10.4. The fraction of sp³-hybridized carbons (Fsp3) is 0.250. The summed E-state index contributed by atoms with van der Waals surface area (Å²) in [4.78, 5) is 12.6. The first-order valence-corrected chi connectivity index (χ1v) is 11.7. The molecule has 1 aliphatic rings. The van der Waals surface area contributed by atoms with Crippen molar-refractivity contribution in [3.05, 3.63) is 65.7 Å². The SMILES string of the molecule is OCC1OCC(Sc2nc3nc(-c4ccc(-c5ccccc5)cc4)c(Cl)cc3[nH]2)CC1O. The Bertz CT molecular complexity index is 1220. The number of aliphatic hydroxyl groups excluding tert-OH is 2. The molecule has 1 fully saturated rings. The third-order valence-electron chi connectivity index (χ3n) is 5.56.